The molecule has 22 heavy (non-hydrogen) atoms. The summed E-state index contributed by atoms with van der Waals surface area (Å²) in [6.45, 7) is 1.56. The number of hydrogen-bond acceptors (Lipinski definition) is 2. The zero-order valence-electron chi connectivity index (χ0n) is 11.7. The number of nitrogens with zero attached hydrogens (tertiary/aromatic N) is 2. The van der Waals surface area contributed by atoms with E-state index >= 15 is 0 Å². The molecule has 116 valence electrons. The number of benzene rings is 1. The molecule has 4 nitrogen and oxygen atoms in total. The molecule has 1 heterocycles. The molecule has 0 radical (unpaired) electrons. The van der Waals surface area contributed by atoms with Crippen LogP contribution in [-0.4, -0.2) is 20.9 Å². The van der Waals surface area contributed by atoms with Crippen LogP contribution in [0.25, 0.3) is 5.69 Å². The molecule has 2 aromatic rings. The van der Waals surface area contributed by atoms with Gasteiger partial charge in [0, 0.05) is 5.92 Å². The van der Waals surface area contributed by atoms with Gasteiger partial charge in [0.1, 0.15) is 5.56 Å². The van der Waals surface area contributed by atoms with Crippen LogP contribution in [0.3, 0.4) is 0 Å². The summed E-state index contributed by atoms with van der Waals surface area (Å²) in [6.07, 6.45) is -2.73. The summed E-state index contributed by atoms with van der Waals surface area (Å²) >= 11 is 0. The quantitative estimate of drug-likeness (QED) is 0.938. The lowest BCUT2D eigenvalue weighted by Gasteiger charge is -2.10. The van der Waals surface area contributed by atoms with Crippen molar-refractivity contribution < 1.29 is 23.1 Å². The first-order valence-corrected chi connectivity index (χ1v) is 6.79. The minimum absolute atomic E-state index is 0.0943. The van der Waals surface area contributed by atoms with E-state index in [9.17, 15) is 23.1 Å². The van der Waals surface area contributed by atoms with Crippen LogP contribution < -0.4 is 0 Å². The number of aromatic nitrogens is 2. The minimum atomic E-state index is -4.45. The lowest BCUT2D eigenvalue weighted by Crippen LogP contribution is -2.07. The second-order valence-corrected chi connectivity index (χ2v) is 5.38. The van der Waals surface area contributed by atoms with Crippen molar-refractivity contribution in [3.63, 3.8) is 0 Å². The van der Waals surface area contributed by atoms with Gasteiger partial charge < -0.3 is 5.11 Å². The monoisotopic (exact) mass is 310 g/mol. The Balaban J connectivity index is 2.13. The Labute approximate surface area is 124 Å². The van der Waals surface area contributed by atoms with Crippen LogP contribution in [0.4, 0.5) is 13.2 Å². The fraction of sp³-hybridized carbons (Fsp3) is 0.333. The van der Waals surface area contributed by atoms with Gasteiger partial charge >= 0.3 is 12.1 Å². The zero-order chi connectivity index (χ0) is 16.1. The van der Waals surface area contributed by atoms with Crippen molar-refractivity contribution in [3.05, 3.63) is 46.8 Å². The van der Waals surface area contributed by atoms with Gasteiger partial charge in [-0.15, -0.1) is 0 Å². The number of aromatic carboxylic acids is 1. The Hall–Kier alpha value is -2.31. The van der Waals surface area contributed by atoms with Gasteiger partial charge in [0.15, 0.2) is 0 Å². The average Bonchev–Trinajstić information content (AvgIpc) is 3.21. The number of carboxylic acids is 1. The number of carbonyl (C=O) groups is 1. The molecule has 0 spiro atoms. The van der Waals surface area contributed by atoms with Gasteiger partial charge in [0.2, 0.25) is 0 Å². The Bertz CT molecular complexity index is 746. The van der Waals surface area contributed by atoms with Crippen LogP contribution in [-0.2, 0) is 6.18 Å². The fourth-order valence-corrected chi connectivity index (χ4v) is 2.50. The first kappa shape index (κ1) is 14.6. The highest BCUT2D eigenvalue weighted by molar-refractivity contribution is 5.90. The fourth-order valence-electron chi connectivity index (χ4n) is 2.50. The van der Waals surface area contributed by atoms with E-state index in [0.717, 1.165) is 25.0 Å². The highest BCUT2D eigenvalue weighted by atomic mass is 19.4. The second kappa shape index (κ2) is 4.86. The van der Waals surface area contributed by atoms with Crippen LogP contribution >= 0.6 is 0 Å². The summed E-state index contributed by atoms with van der Waals surface area (Å²) in [5, 5.41) is 13.6. The normalized spacial score (nSPS) is 15.1. The van der Waals surface area contributed by atoms with Crippen molar-refractivity contribution >= 4 is 5.97 Å². The van der Waals surface area contributed by atoms with Gasteiger partial charge in [-0.3, -0.25) is 0 Å². The molecule has 1 aliphatic rings. The SMILES string of the molecule is Cc1c(C(=O)O)c(C2CC2)nn1-c1cccc(C(F)(F)F)c1. The van der Waals surface area contributed by atoms with Gasteiger partial charge in [0.05, 0.1) is 22.6 Å². The number of alkyl halides is 3. The first-order chi connectivity index (χ1) is 10.3. The van der Waals surface area contributed by atoms with E-state index in [1.54, 1.807) is 6.92 Å². The number of carboxylic acid groups (broad SMARTS) is 1. The maximum absolute atomic E-state index is 12.8. The van der Waals surface area contributed by atoms with Crippen LogP contribution in [0, 0.1) is 6.92 Å². The van der Waals surface area contributed by atoms with E-state index in [0.29, 0.717) is 11.4 Å². The van der Waals surface area contributed by atoms with E-state index in [-0.39, 0.29) is 17.2 Å². The van der Waals surface area contributed by atoms with Gasteiger partial charge in [-0.2, -0.15) is 18.3 Å². The molecule has 1 fully saturated rings. The Morgan fingerprint density at radius 2 is 2.05 bits per heavy atom. The molecule has 0 unspecified atom stereocenters. The maximum atomic E-state index is 12.8. The van der Waals surface area contributed by atoms with Crippen molar-refractivity contribution in [2.45, 2.75) is 31.9 Å². The van der Waals surface area contributed by atoms with Crippen molar-refractivity contribution in [3.8, 4) is 5.69 Å². The van der Waals surface area contributed by atoms with Gasteiger partial charge in [0.25, 0.3) is 0 Å². The minimum Gasteiger partial charge on any atom is -0.478 e. The Morgan fingerprint density at radius 3 is 2.59 bits per heavy atom. The molecule has 3 rings (SSSR count). The van der Waals surface area contributed by atoms with Crippen LogP contribution in [0.2, 0.25) is 0 Å². The van der Waals surface area contributed by atoms with Crippen molar-refractivity contribution in [1.29, 1.82) is 0 Å². The van der Waals surface area contributed by atoms with Crippen molar-refractivity contribution in [1.82, 2.24) is 9.78 Å². The van der Waals surface area contributed by atoms with E-state index < -0.39 is 17.7 Å². The summed E-state index contributed by atoms with van der Waals surface area (Å²) in [4.78, 5) is 11.4. The standard InChI is InChI=1S/C15H13F3N2O2/c1-8-12(14(21)22)13(9-5-6-9)19-20(8)11-4-2-3-10(7-11)15(16,17)18/h2-4,7,9H,5-6H2,1H3,(H,21,22). The molecule has 0 amide bonds. The number of hydrogen-bond donors (Lipinski definition) is 1. The molecule has 0 bridgehead atoms. The number of halogens is 3. The molecule has 1 saturated carbocycles. The zero-order valence-corrected chi connectivity index (χ0v) is 11.7. The molecular weight excluding hydrogens is 297 g/mol. The van der Waals surface area contributed by atoms with E-state index in [1.165, 1.54) is 16.8 Å². The lowest BCUT2D eigenvalue weighted by molar-refractivity contribution is -0.137. The van der Waals surface area contributed by atoms with E-state index in [1.807, 2.05) is 0 Å². The summed E-state index contributed by atoms with van der Waals surface area (Å²) in [6, 6.07) is 4.72. The van der Waals surface area contributed by atoms with Gasteiger partial charge in [-0.25, -0.2) is 9.48 Å². The molecule has 1 N–H and O–H groups in total. The molecule has 0 atom stereocenters. The van der Waals surface area contributed by atoms with Gasteiger partial charge in [-0.05, 0) is 38.0 Å². The third-order valence-electron chi connectivity index (χ3n) is 3.74. The third-order valence-corrected chi connectivity index (χ3v) is 3.74. The summed E-state index contributed by atoms with van der Waals surface area (Å²) in [5.74, 6) is -1.01. The molecule has 7 heteroatoms. The molecule has 1 aromatic carbocycles. The lowest BCUT2D eigenvalue weighted by atomic mass is 10.1. The van der Waals surface area contributed by atoms with E-state index in [2.05, 4.69) is 5.10 Å². The molecular formula is C15H13F3N2O2. The third kappa shape index (κ3) is 2.47. The molecule has 1 aromatic heterocycles. The maximum Gasteiger partial charge on any atom is 0.416 e. The molecule has 0 aliphatic heterocycles. The van der Waals surface area contributed by atoms with Crippen LogP contribution in [0.1, 0.15) is 46.1 Å². The largest absolute Gasteiger partial charge is 0.478 e. The predicted octanol–water partition coefficient (Wildman–Crippen LogP) is 3.78. The first-order valence-electron chi connectivity index (χ1n) is 6.79. The second-order valence-electron chi connectivity index (χ2n) is 5.38. The molecule has 1 aliphatic carbocycles. The highest BCUT2D eigenvalue weighted by Crippen LogP contribution is 2.42. The summed E-state index contributed by atoms with van der Waals surface area (Å²) in [7, 11) is 0. The molecule has 0 saturated heterocycles. The van der Waals surface area contributed by atoms with E-state index in [4.69, 9.17) is 0 Å². The van der Waals surface area contributed by atoms with Gasteiger partial charge in [-0.1, -0.05) is 6.07 Å². The van der Waals surface area contributed by atoms with Crippen LogP contribution in [0.15, 0.2) is 24.3 Å². The van der Waals surface area contributed by atoms with Crippen molar-refractivity contribution in [2.75, 3.05) is 0 Å². The van der Waals surface area contributed by atoms with Crippen molar-refractivity contribution in [2.24, 2.45) is 0 Å². The average molecular weight is 310 g/mol. The predicted molar refractivity (Wildman–Crippen MR) is 72.2 cm³/mol. The Kier molecular flexibility index (Phi) is 3.23. The Morgan fingerprint density at radius 1 is 1.36 bits per heavy atom. The smallest absolute Gasteiger partial charge is 0.416 e. The highest BCUT2D eigenvalue weighted by Gasteiger charge is 2.34. The summed E-state index contributed by atoms with van der Waals surface area (Å²) < 4.78 is 39.7. The summed E-state index contributed by atoms with van der Waals surface area (Å²) in [5.41, 5.74) is 0.322. The topological polar surface area (TPSA) is 55.1 Å². The van der Waals surface area contributed by atoms with Crippen LogP contribution in [0.5, 0.6) is 0 Å². The number of rotatable bonds is 3.